The minimum atomic E-state index is 0.452. The second kappa shape index (κ2) is 5.90. The number of nitrogens with zero attached hydrogens (tertiary/aromatic N) is 4. The molecule has 0 radical (unpaired) electrons. The Morgan fingerprint density at radius 2 is 1.81 bits per heavy atom. The lowest BCUT2D eigenvalue weighted by Gasteiger charge is -2.15. The zero-order valence-electron chi connectivity index (χ0n) is 13.0. The zero-order chi connectivity index (χ0) is 14.8. The van der Waals surface area contributed by atoms with Gasteiger partial charge in [0, 0.05) is 36.1 Å². The van der Waals surface area contributed by atoms with Gasteiger partial charge in [-0.1, -0.05) is 6.07 Å². The smallest absolute Gasteiger partial charge is 0.133 e. The van der Waals surface area contributed by atoms with E-state index in [2.05, 4.69) is 32.0 Å². The van der Waals surface area contributed by atoms with E-state index < -0.39 is 0 Å². The van der Waals surface area contributed by atoms with Crippen LogP contribution >= 0.6 is 0 Å². The van der Waals surface area contributed by atoms with Crippen molar-refractivity contribution in [2.75, 3.05) is 13.1 Å². The molecule has 3 rings (SSSR count). The first-order valence-corrected chi connectivity index (χ1v) is 7.57. The van der Waals surface area contributed by atoms with Crippen LogP contribution in [0.15, 0.2) is 24.3 Å². The summed E-state index contributed by atoms with van der Waals surface area (Å²) in [4.78, 5) is 16.3. The zero-order valence-corrected chi connectivity index (χ0v) is 13.0. The monoisotopic (exact) mass is 282 g/mol. The van der Waals surface area contributed by atoms with E-state index in [-0.39, 0.29) is 0 Å². The molecule has 3 heterocycles. The molecule has 0 spiro atoms. The van der Waals surface area contributed by atoms with Gasteiger partial charge in [-0.25, -0.2) is 9.97 Å². The van der Waals surface area contributed by atoms with Gasteiger partial charge in [0.2, 0.25) is 0 Å². The Morgan fingerprint density at radius 1 is 1.05 bits per heavy atom. The highest BCUT2D eigenvalue weighted by Crippen LogP contribution is 2.26. The Kier molecular flexibility index (Phi) is 3.97. The van der Waals surface area contributed by atoms with E-state index in [0.29, 0.717) is 5.92 Å². The van der Waals surface area contributed by atoms with E-state index >= 15 is 0 Å². The van der Waals surface area contributed by atoms with Crippen molar-refractivity contribution in [3.63, 3.8) is 0 Å². The van der Waals surface area contributed by atoms with E-state index in [1.165, 1.54) is 0 Å². The SMILES string of the molecule is Cc1cccc(CN2CC[C@H](c3nc(C)cc(C)n3)C2)n1. The molecule has 4 heteroatoms. The van der Waals surface area contributed by atoms with Crippen LogP contribution in [-0.4, -0.2) is 32.9 Å². The van der Waals surface area contributed by atoms with Crippen LogP contribution in [-0.2, 0) is 6.54 Å². The standard InChI is InChI=1S/C17H22N4/c1-12-5-4-6-16(18-12)11-21-8-7-15(10-21)17-19-13(2)9-14(3)20-17/h4-6,9,15H,7-8,10-11H2,1-3H3/t15-/m0/s1. The van der Waals surface area contributed by atoms with Crippen LogP contribution in [0.2, 0.25) is 0 Å². The topological polar surface area (TPSA) is 41.9 Å². The van der Waals surface area contributed by atoms with Crippen LogP contribution in [0.3, 0.4) is 0 Å². The van der Waals surface area contributed by atoms with Crippen molar-refractivity contribution in [2.45, 2.75) is 39.7 Å². The lowest BCUT2D eigenvalue weighted by atomic mass is 10.1. The van der Waals surface area contributed by atoms with E-state index in [9.17, 15) is 0 Å². The Morgan fingerprint density at radius 3 is 2.52 bits per heavy atom. The van der Waals surface area contributed by atoms with Gasteiger partial charge in [0.1, 0.15) is 5.82 Å². The van der Waals surface area contributed by atoms with Gasteiger partial charge in [0.15, 0.2) is 0 Å². The highest BCUT2D eigenvalue weighted by molar-refractivity contribution is 5.13. The Labute approximate surface area is 126 Å². The minimum Gasteiger partial charge on any atom is -0.297 e. The summed E-state index contributed by atoms with van der Waals surface area (Å²) in [5, 5.41) is 0. The first kappa shape index (κ1) is 14.1. The lowest BCUT2D eigenvalue weighted by molar-refractivity contribution is 0.321. The molecule has 1 aliphatic rings. The predicted molar refractivity (Wildman–Crippen MR) is 83.1 cm³/mol. The molecule has 0 saturated carbocycles. The van der Waals surface area contributed by atoms with E-state index in [0.717, 1.165) is 54.7 Å². The molecule has 21 heavy (non-hydrogen) atoms. The van der Waals surface area contributed by atoms with Crippen LogP contribution in [0.1, 0.15) is 40.9 Å². The quantitative estimate of drug-likeness (QED) is 0.868. The molecule has 1 fully saturated rings. The summed E-state index contributed by atoms with van der Waals surface area (Å²) in [6.45, 7) is 9.17. The van der Waals surface area contributed by atoms with Crippen molar-refractivity contribution < 1.29 is 0 Å². The van der Waals surface area contributed by atoms with Crippen molar-refractivity contribution in [3.8, 4) is 0 Å². The molecule has 0 N–H and O–H groups in total. The van der Waals surface area contributed by atoms with Crippen LogP contribution in [0, 0.1) is 20.8 Å². The fourth-order valence-electron chi connectivity index (χ4n) is 3.04. The van der Waals surface area contributed by atoms with Crippen LogP contribution in [0.25, 0.3) is 0 Å². The summed E-state index contributed by atoms with van der Waals surface area (Å²) in [7, 11) is 0. The van der Waals surface area contributed by atoms with Crippen LogP contribution in [0.5, 0.6) is 0 Å². The Balaban J connectivity index is 1.68. The van der Waals surface area contributed by atoms with Gasteiger partial charge in [-0.2, -0.15) is 0 Å². The second-order valence-electron chi connectivity index (χ2n) is 6.00. The second-order valence-corrected chi connectivity index (χ2v) is 6.00. The summed E-state index contributed by atoms with van der Waals surface area (Å²) < 4.78 is 0. The third kappa shape index (κ3) is 3.45. The maximum atomic E-state index is 4.62. The molecule has 0 amide bonds. The molecule has 110 valence electrons. The normalized spacial score (nSPS) is 19.1. The lowest BCUT2D eigenvalue weighted by Crippen LogP contribution is -2.21. The molecule has 4 nitrogen and oxygen atoms in total. The van der Waals surface area contributed by atoms with Gasteiger partial charge >= 0.3 is 0 Å². The molecule has 0 bridgehead atoms. The summed E-state index contributed by atoms with van der Waals surface area (Å²) in [6, 6.07) is 8.26. The summed E-state index contributed by atoms with van der Waals surface area (Å²) >= 11 is 0. The van der Waals surface area contributed by atoms with E-state index in [1.54, 1.807) is 0 Å². The minimum absolute atomic E-state index is 0.452. The van der Waals surface area contributed by atoms with Gasteiger partial charge in [-0.3, -0.25) is 9.88 Å². The Bertz CT molecular complexity index is 618. The fourth-order valence-corrected chi connectivity index (χ4v) is 3.04. The van der Waals surface area contributed by atoms with Gasteiger partial charge < -0.3 is 0 Å². The average molecular weight is 282 g/mol. The highest BCUT2D eigenvalue weighted by Gasteiger charge is 2.26. The first-order chi connectivity index (χ1) is 10.1. The van der Waals surface area contributed by atoms with Crippen molar-refractivity contribution in [3.05, 3.63) is 52.9 Å². The van der Waals surface area contributed by atoms with Crippen LogP contribution in [0.4, 0.5) is 0 Å². The Hall–Kier alpha value is -1.81. The molecule has 2 aromatic rings. The number of aryl methyl sites for hydroxylation is 3. The number of hydrogen-bond donors (Lipinski definition) is 0. The van der Waals surface area contributed by atoms with Crippen molar-refractivity contribution in [2.24, 2.45) is 0 Å². The maximum Gasteiger partial charge on any atom is 0.133 e. The van der Waals surface area contributed by atoms with Gasteiger partial charge in [0.05, 0.1) is 5.69 Å². The summed E-state index contributed by atoms with van der Waals surface area (Å²) in [6.07, 6.45) is 1.13. The average Bonchev–Trinajstić information content (AvgIpc) is 2.86. The van der Waals surface area contributed by atoms with E-state index in [4.69, 9.17) is 0 Å². The molecule has 2 aromatic heterocycles. The number of rotatable bonds is 3. The van der Waals surface area contributed by atoms with Crippen molar-refractivity contribution >= 4 is 0 Å². The summed E-state index contributed by atoms with van der Waals surface area (Å²) in [5.41, 5.74) is 4.37. The molecule has 0 unspecified atom stereocenters. The number of likely N-dealkylation sites (tertiary alicyclic amines) is 1. The van der Waals surface area contributed by atoms with Crippen molar-refractivity contribution in [1.29, 1.82) is 0 Å². The molecule has 1 saturated heterocycles. The first-order valence-electron chi connectivity index (χ1n) is 7.57. The molecule has 1 aliphatic heterocycles. The third-order valence-corrected chi connectivity index (χ3v) is 3.97. The molecular formula is C17H22N4. The molecule has 1 atom stereocenters. The van der Waals surface area contributed by atoms with Crippen LogP contribution < -0.4 is 0 Å². The fraction of sp³-hybridized carbons (Fsp3) is 0.471. The number of pyridine rings is 1. The third-order valence-electron chi connectivity index (χ3n) is 3.97. The molecular weight excluding hydrogens is 260 g/mol. The van der Waals surface area contributed by atoms with E-state index in [1.807, 2.05) is 32.9 Å². The molecule has 0 aliphatic carbocycles. The predicted octanol–water partition coefficient (Wildman–Crippen LogP) is 2.79. The highest BCUT2D eigenvalue weighted by atomic mass is 15.2. The van der Waals surface area contributed by atoms with Gasteiger partial charge in [0.25, 0.3) is 0 Å². The molecule has 0 aromatic carbocycles. The van der Waals surface area contributed by atoms with Crippen molar-refractivity contribution in [1.82, 2.24) is 19.9 Å². The maximum absolute atomic E-state index is 4.62. The van der Waals surface area contributed by atoms with Gasteiger partial charge in [-0.15, -0.1) is 0 Å². The largest absolute Gasteiger partial charge is 0.297 e. The summed E-state index contributed by atoms with van der Waals surface area (Å²) in [5.74, 6) is 1.46. The number of hydrogen-bond acceptors (Lipinski definition) is 4. The van der Waals surface area contributed by atoms with Gasteiger partial charge in [-0.05, 0) is 51.9 Å². The number of aromatic nitrogens is 3.